The van der Waals surface area contributed by atoms with Crippen LogP contribution in [0.2, 0.25) is 0 Å². The van der Waals surface area contributed by atoms with E-state index >= 15 is 0 Å². The van der Waals surface area contributed by atoms with Gasteiger partial charge in [0.05, 0.1) is 0 Å². The number of nitrogens with zero attached hydrogens (tertiary/aromatic N) is 2. The maximum atomic E-state index is 4.11. The molecule has 0 spiro atoms. The van der Waals surface area contributed by atoms with Crippen molar-refractivity contribution in [2.45, 2.75) is 55.4 Å². The van der Waals surface area contributed by atoms with E-state index in [2.05, 4.69) is 77.5 Å². The van der Waals surface area contributed by atoms with Crippen LogP contribution in [0.15, 0.2) is 34.5 Å². The quantitative estimate of drug-likeness (QED) is 0.551. The molecule has 0 heterocycles. The van der Waals surface area contributed by atoms with Gasteiger partial charge in [0.25, 0.3) is 0 Å². The summed E-state index contributed by atoms with van der Waals surface area (Å²) >= 11 is 0. The van der Waals surface area contributed by atoms with Gasteiger partial charge in [-0.3, -0.25) is 9.98 Å². The minimum absolute atomic E-state index is 0.553. The van der Waals surface area contributed by atoms with Gasteiger partial charge in [-0.05, 0) is 23.7 Å². The number of rotatable bonds is 6. The summed E-state index contributed by atoms with van der Waals surface area (Å²) in [5, 5.41) is 0. The van der Waals surface area contributed by atoms with E-state index in [1.54, 1.807) is 0 Å². The highest BCUT2D eigenvalue weighted by atomic mass is 14.7. The van der Waals surface area contributed by atoms with Crippen molar-refractivity contribution in [3.63, 3.8) is 0 Å². The zero-order chi connectivity index (χ0) is 16.0. The van der Waals surface area contributed by atoms with Gasteiger partial charge in [0.15, 0.2) is 0 Å². The molecule has 2 nitrogen and oxygen atoms in total. The summed E-state index contributed by atoms with van der Waals surface area (Å²) in [5.74, 6) is 2.31. The lowest BCUT2D eigenvalue weighted by Crippen LogP contribution is -1.85. The Hall–Kier alpha value is -1.18. The van der Waals surface area contributed by atoms with Crippen LogP contribution in [0.4, 0.5) is 0 Å². The number of hydrogen-bond donors (Lipinski definition) is 0. The molecule has 0 aliphatic carbocycles. The van der Waals surface area contributed by atoms with Crippen molar-refractivity contribution in [3.8, 4) is 0 Å². The highest BCUT2D eigenvalue weighted by molar-refractivity contribution is 5.60. The second-order valence-corrected chi connectivity index (χ2v) is 6.26. The SMILES string of the molecule is CC(C)C=N/C=C\C(C)C.CC(C)C=N/C=C\C(C)C. The molecule has 0 atom stereocenters. The monoisotopic (exact) mass is 278 g/mol. The minimum atomic E-state index is 0.553. The average Bonchev–Trinajstić information content (AvgIpc) is 2.30. The molecule has 0 aromatic heterocycles. The van der Waals surface area contributed by atoms with Gasteiger partial charge in [-0.15, -0.1) is 0 Å². The number of hydrogen-bond acceptors (Lipinski definition) is 2. The van der Waals surface area contributed by atoms with E-state index in [0.29, 0.717) is 23.7 Å². The van der Waals surface area contributed by atoms with Gasteiger partial charge in [0, 0.05) is 24.8 Å². The fourth-order valence-electron chi connectivity index (χ4n) is 0.887. The van der Waals surface area contributed by atoms with E-state index in [-0.39, 0.29) is 0 Å². The Morgan fingerprint density at radius 1 is 0.500 bits per heavy atom. The minimum Gasteiger partial charge on any atom is -0.269 e. The zero-order valence-electron chi connectivity index (χ0n) is 14.7. The molecule has 0 aromatic carbocycles. The highest BCUT2D eigenvalue weighted by Gasteiger charge is 1.83. The second-order valence-electron chi connectivity index (χ2n) is 6.26. The molecule has 0 radical (unpaired) electrons. The van der Waals surface area contributed by atoms with Crippen molar-refractivity contribution >= 4 is 12.4 Å². The summed E-state index contributed by atoms with van der Waals surface area (Å²) < 4.78 is 0. The molecule has 0 N–H and O–H groups in total. The highest BCUT2D eigenvalue weighted by Crippen LogP contribution is 1.94. The van der Waals surface area contributed by atoms with Crippen molar-refractivity contribution in [3.05, 3.63) is 24.6 Å². The van der Waals surface area contributed by atoms with Crippen LogP contribution in [0.25, 0.3) is 0 Å². The molecular formula is C18H34N2. The molecule has 2 heteroatoms. The van der Waals surface area contributed by atoms with Gasteiger partial charge >= 0.3 is 0 Å². The molecule has 0 bridgehead atoms. The van der Waals surface area contributed by atoms with Gasteiger partial charge in [0.1, 0.15) is 0 Å². The summed E-state index contributed by atoms with van der Waals surface area (Å²) in [7, 11) is 0. The van der Waals surface area contributed by atoms with Crippen LogP contribution in [0.5, 0.6) is 0 Å². The Morgan fingerprint density at radius 2 is 0.800 bits per heavy atom. The Morgan fingerprint density at radius 3 is 1.00 bits per heavy atom. The Bertz CT molecular complexity index is 241. The third kappa shape index (κ3) is 25.6. The van der Waals surface area contributed by atoms with Crippen LogP contribution in [-0.2, 0) is 0 Å². The molecule has 0 saturated heterocycles. The first kappa shape index (κ1) is 21.1. The van der Waals surface area contributed by atoms with E-state index in [1.807, 2.05) is 24.8 Å². The molecule has 0 saturated carbocycles. The second kappa shape index (κ2) is 14.2. The topological polar surface area (TPSA) is 24.7 Å². The fraction of sp³-hybridized carbons (Fsp3) is 0.667. The molecule has 0 amide bonds. The maximum Gasteiger partial charge on any atom is 0.0226 e. The summed E-state index contributed by atoms with van der Waals surface area (Å²) in [4.78, 5) is 8.21. The Kier molecular flexibility index (Phi) is 15.0. The average molecular weight is 278 g/mol. The maximum absolute atomic E-state index is 4.11. The van der Waals surface area contributed by atoms with E-state index in [9.17, 15) is 0 Å². The van der Waals surface area contributed by atoms with E-state index in [0.717, 1.165) is 0 Å². The van der Waals surface area contributed by atoms with E-state index in [4.69, 9.17) is 0 Å². The third-order valence-electron chi connectivity index (χ3n) is 1.88. The summed E-state index contributed by atoms with van der Waals surface area (Å²) in [5.41, 5.74) is 0. The molecule has 0 aromatic rings. The van der Waals surface area contributed by atoms with Crippen LogP contribution in [0, 0.1) is 23.7 Å². The smallest absolute Gasteiger partial charge is 0.0226 e. The predicted octanol–water partition coefficient (Wildman–Crippen LogP) is 5.77. The largest absolute Gasteiger partial charge is 0.269 e. The molecule has 20 heavy (non-hydrogen) atoms. The first-order valence-electron chi connectivity index (χ1n) is 7.65. The van der Waals surface area contributed by atoms with E-state index in [1.165, 1.54) is 0 Å². The normalized spacial score (nSPS) is 13.0. The number of allylic oxidation sites excluding steroid dienone is 2. The Labute approximate surface area is 126 Å². The van der Waals surface area contributed by atoms with Crippen molar-refractivity contribution in [1.82, 2.24) is 0 Å². The molecule has 0 rings (SSSR count). The van der Waals surface area contributed by atoms with Crippen LogP contribution >= 0.6 is 0 Å². The summed E-state index contributed by atoms with van der Waals surface area (Å²) in [6.07, 6.45) is 11.8. The van der Waals surface area contributed by atoms with Crippen LogP contribution in [0.3, 0.4) is 0 Å². The summed E-state index contributed by atoms with van der Waals surface area (Å²) in [6, 6.07) is 0. The predicted molar refractivity (Wildman–Crippen MR) is 94.6 cm³/mol. The molecule has 0 fully saturated rings. The molecular weight excluding hydrogens is 244 g/mol. The lowest BCUT2D eigenvalue weighted by atomic mass is 10.2. The van der Waals surface area contributed by atoms with Gasteiger partial charge in [-0.1, -0.05) is 67.5 Å². The van der Waals surface area contributed by atoms with Crippen LogP contribution < -0.4 is 0 Å². The first-order chi connectivity index (χ1) is 9.25. The van der Waals surface area contributed by atoms with Crippen LogP contribution in [-0.4, -0.2) is 12.4 Å². The number of aliphatic imine (C=N–C) groups is 2. The molecule has 0 aliphatic heterocycles. The van der Waals surface area contributed by atoms with Crippen LogP contribution in [0.1, 0.15) is 55.4 Å². The third-order valence-corrected chi connectivity index (χ3v) is 1.88. The standard InChI is InChI=1S/2C9H17N/c2*1-8(2)5-6-10-7-9(3)4/h2*5-9H,1-4H3/b2*6-5-,10-7?. The van der Waals surface area contributed by atoms with Crippen molar-refractivity contribution < 1.29 is 0 Å². The lowest BCUT2D eigenvalue weighted by Gasteiger charge is -1.91. The Balaban J connectivity index is 0. The van der Waals surface area contributed by atoms with E-state index < -0.39 is 0 Å². The van der Waals surface area contributed by atoms with Gasteiger partial charge < -0.3 is 0 Å². The zero-order valence-corrected chi connectivity index (χ0v) is 14.7. The fourth-order valence-corrected chi connectivity index (χ4v) is 0.887. The van der Waals surface area contributed by atoms with Gasteiger partial charge in [-0.25, -0.2) is 0 Å². The molecule has 0 unspecified atom stereocenters. The van der Waals surface area contributed by atoms with Crippen molar-refractivity contribution in [1.29, 1.82) is 0 Å². The van der Waals surface area contributed by atoms with Crippen molar-refractivity contribution in [2.75, 3.05) is 0 Å². The summed E-state index contributed by atoms with van der Waals surface area (Å²) in [6.45, 7) is 17.0. The van der Waals surface area contributed by atoms with Crippen molar-refractivity contribution in [2.24, 2.45) is 33.7 Å². The molecule has 0 aliphatic rings. The molecule has 116 valence electrons. The van der Waals surface area contributed by atoms with Gasteiger partial charge in [0.2, 0.25) is 0 Å². The van der Waals surface area contributed by atoms with Gasteiger partial charge in [-0.2, -0.15) is 0 Å². The first-order valence-corrected chi connectivity index (χ1v) is 7.65. The lowest BCUT2D eigenvalue weighted by molar-refractivity contribution is 0.828.